The van der Waals surface area contributed by atoms with E-state index in [1.807, 2.05) is 0 Å². The van der Waals surface area contributed by atoms with Gasteiger partial charge >= 0.3 is 17.9 Å². The molecule has 0 bridgehead atoms. The van der Waals surface area contributed by atoms with E-state index in [1.54, 1.807) is 0 Å². The highest BCUT2D eigenvalue weighted by atomic mass is 16.6. The number of rotatable bonds is 70. The molecular weight excluding hydrogens is 1010 g/mol. The summed E-state index contributed by atoms with van der Waals surface area (Å²) in [6, 6.07) is 0. The summed E-state index contributed by atoms with van der Waals surface area (Å²) in [6.45, 7) is 6.73. The Morgan fingerprint density at radius 2 is 0.439 bits per heavy atom. The first-order valence-electron chi connectivity index (χ1n) is 37.3. The van der Waals surface area contributed by atoms with Crippen LogP contribution >= 0.6 is 0 Å². The first-order chi connectivity index (χ1) is 40.5. The summed E-state index contributed by atoms with van der Waals surface area (Å²) in [6.07, 6.45) is 87.8. The number of esters is 3. The van der Waals surface area contributed by atoms with Gasteiger partial charge in [0, 0.05) is 19.3 Å². The van der Waals surface area contributed by atoms with Gasteiger partial charge in [0.1, 0.15) is 13.2 Å². The summed E-state index contributed by atoms with van der Waals surface area (Å²) in [5, 5.41) is 0. The topological polar surface area (TPSA) is 78.9 Å². The van der Waals surface area contributed by atoms with E-state index < -0.39 is 6.10 Å². The Kier molecular flexibility index (Phi) is 69.5. The highest BCUT2D eigenvalue weighted by Gasteiger charge is 2.20. The Bertz CT molecular complexity index is 1320. The molecule has 0 aliphatic heterocycles. The lowest BCUT2D eigenvalue weighted by Gasteiger charge is -2.18. The molecule has 0 spiro atoms. The summed E-state index contributed by atoms with van der Waals surface area (Å²) in [4.78, 5) is 38.6. The van der Waals surface area contributed by atoms with Crippen LogP contribution in [0.5, 0.6) is 0 Å². The van der Waals surface area contributed by atoms with E-state index in [0.717, 1.165) is 64.2 Å². The van der Waals surface area contributed by atoms with Crippen molar-refractivity contribution in [1.29, 1.82) is 0 Å². The molecule has 484 valence electrons. The highest BCUT2D eigenvalue weighted by Crippen LogP contribution is 2.19. The van der Waals surface area contributed by atoms with Crippen LogP contribution in [-0.4, -0.2) is 37.2 Å². The number of carbonyl (C=O) groups excluding carboxylic acids is 3. The molecule has 0 aromatic carbocycles. The molecular formula is C76H144O6. The zero-order valence-corrected chi connectivity index (χ0v) is 55.8. The van der Waals surface area contributed by atoms with Crippen LogP contribution in [0, 0.1) is 0 Å². The fourth-order valence-electron chi connectivity index (χ4n) is 11.6. The molecule has 0 rings (SSSR count). The molecule has 0 aromatic heterocycles. The summed E-state index contributed by atoms with van der Waals surface area (Å²) >= 11 is 0. The van der Waals surface area contributed by atoms with Crippen LogP contribution < -0.4 is 0 Å². The number of ether oxygens (including phenoxy) is 3. The third-order valence-corrected chi connectivity index (χ3v) is 17.2. The van der Waals surface area contributed by atoms with Gasteiger partial charge in [-0.1, -0.05) is 379 Å². The van der Waals surface area contributed by atoms with Gasteiger partial charge in [0.25, 0.3) is 0 Å². The average Bonchev–Trinajstić information content (AvgIpc) is 3.47. The molecule has 6 nitrogen and oxygen atoms in total. The first kappa shape index (κ1) is 79.9. The molecule has 82 heavy (non-hydrogen) atoms. The standard InChI is InChI=1S/C76H144O6/c1-4-7-10-13-16-19-22-25-28-31-34-37-40-42-45-48-51-54-57-60-63-66-69-75(78)81-72-73(82-76(79)70-67-64-61-58-55-52-49-46-43-39-36-33-30-27-24-21-18-15-12-9-6-3)71-80-74(77)68-65-62-59-56-53-50-47-44-41-38-35-32-29-26-23-20-17-14-11-8-5-2/h24,27,33,36,73H,4-23,25-26,28-32,34-35,37-72H2,1-3H3/b27-24-,36-33-. The smallest absolute Gasteiger partial charge is 0.306 e. The minimum Gasteiger partial charge on any atom is -0.462 e. The van der Waals surface area contributed by atoms with Gasteiger partial charge in [-0.25, -0.2) is 0 Å². The molecule has 0 saturated carbocycles. The van der Waals surface area contributed by atoms with E-state index in [1.165, 1.54) is 321 Å². The SMILES string of the molecule is CCCCCCC/C=C\C/C=C\CCCCCCCCCCCC(=O)OC(COC(=O)CCCCCCCCCCCCCCCCCCCCCCC)COC(=O)CCCCCCCCCCCCCCCCCCCCCCCC. The predicted octanol–water partition coefficient (Wildman–Crippen LogP) is 25.7. The number of hydrogen-bond donors (Lipinski definition) is 0. The Balaban J connectivity index is 4.30. The van der Waals surface area contributed by atoms with E-state index in [4.69, 9.17) is 14.2 Å². The Hall–Kier alpha value is -2.11. The predicted molar refractivity (Wildman–Crippen MR) is 358 cm³/mol. The molecule has 0 aliphatic rings. The van der Waals surface area contributed by atoms with E-state index in [0.29, 0.717) is 19.3 Å². The van der Waals surface area contributed by atoms with Gasteiger partial charge in [0.15, 0.2) is 6.10 Å². The number of allylic oxidation sites excluding steroid dienone is 4. The monoisotopic (exact) mass is 1150 g/mol. The average molecular weight is 1150 g/mol. The molecule has 0 radical (unpaired) electrons. The van der Waals surface area contributed by atoms with Crippen LogP contribution in [-0.2, 0) is 28.6 Å². The van der Waals surface area contributed by atoms with Gasteiger partial charge in [0.05, 0.1) is 0 Å². The highest BCUT2D eigenvalue weighted by molar-refractivity contribution is 5.71. The quantitative estimate of drug-likeness (QED) is 0.0261. The molecule has 0 N–H and O–H groups in total. The lowest BCUT2D eigenvalue weighted by Crippen LogP contribution is -2.30. The van der Waals surface area contributed by atoms with Crippen LogP contribution in [0.25, 0.3) is 0 Å². The van der Waals surface area contributed by atoms with E-state index in [2.05, 4.69) is 45.1 Å². The summed E-state index contributed by atoms with van der Waals surface area (Å²) in [7, 11) is 0. The molecule has 0 amide bonds. The summed E-state index contributed by atoms with van der Waals surface area (Å²) in [5.41, 5.74) is 0. The normalized spacial score (nSPS) is 12.1. The maximum atomic E-state index is 13.0. The van der Waals surface area contributed by atoms with Gasteiger partial charge in [-0.2, -0.15) is 0 Å². The van der Waals surface area contributed by atoms with Crippen molar-refractivity contribution in [2.45, 2.75) is 431 Å². The summed E-state index contributed by atoms with van der Waals surface area (Å²) < 4.78 is 17.1. The maximum Gasteiger partial charge on any atom is 0.306 e. The van der Waals surface area contributed by atoms with Crippen LogP contribution in [0.15, 0.2) is 24.3 Å². The molecule has 0 aliphatic carbocycles. The Morgan fingerprint density at radius 3 is 0.671 bits per heavy atom. The van der Waals surface area contributed by atoms with Crippen LogP contribution in [0.4, 0.5) is 0 Å². The van der Waals surface area contributed by atoms with Crippen LogP contribution in [0.3, 0.4) is 0 Å². The lowest BCUT2D eigenvalue weighted by molar-refractivity contribution is -0.167. The molecule has 0 fully saturated rings. The third-order valence-electron chi connectivity index (χ3n) is 17.2. The van der Waals surface area contributed by atoms with Gasteiger partial charge in [-0.05, 0) is 51.4 Å². The number of unbranched alkanes of at least 4 members (excludes halogenated alkanes) is 55. The number of carbonyl (C=O) groups is 3. The van der Waals surface area contributed by atoms with Gasteiger partial charge in [-0.15, -0.1) is 0 Å². The van der Waals surface area contributed by atoms with Crippen molar-refractivity contribution < 1.29 is 28.6 Å². The molecule has 1 unspecified atom stereocenters. The van der Waals surface area contributed by atoms with Crippen molar-refractivity contribution in [3.8, 4) is 0 Å². The zero-order chi connectivity index (χ0) is 59.2. The molecule has 0 aromatic rings. The van der Waals surface area contributed by atoms with E-state index in [9.17, 15) is 14.4 Å². The largest absolute Gasteiger partial charge is 0.462 e. The van der Waals surface area contributed by atoms with Crippen molar-refractivity contribution in [1.82, 2.24) is 0 Å². The van der Waals surface area contributed by atoms with Gasteiger partial charge < -0.3 is 14.2 Å². The van der Waals surface area contributed by atoms with Crippen molar-refractivity contribution in [2.24, 2.45) is 0 Å². The van der Waals surface area contributed by atoms with Crippen LogP contribution in [0.1, 0.15) is 425 Å². The second kappa shape index (κ2) is 71.4. The minimum absolute atomic E-state index is 0.0660. The minimum atomic E-state index is -0.771. The Morgan fingerprint density at radius 1 is 0.244 bits per heavy atom. The molecule has 1 atom stereocenters. The van der Waals surface area contributed by atoms with Gasteiger partial charge in [0.2, 0.25) is 0 Å². The van der Waals surface area contributed by atoms with E-state index in [-0.39, 0.29) is 31.1 Å². The van der Waals surface area contributed by atoms with Crippen molar-refractivity contribution >= 4 is 17.9 Å². The Labute approximate surface area is 513 Å². The lowest BCUT2D eigenvalue weighted by atomic mass is 10.0. The second-order valence-corrected chi connectivity index (χ2v) is 25.6. The molecule has 0 heterocycles. The third kappa shape index (κ3) is 68.7. The zero-order valence-electron chi connectivity index (χ0n) is 55.8. The van der Waals surface area contributed by atoms with Crippen molar-refractivity contribution in [3.05, 3.63) is 24.3 Å². The first-order valence-corrected chi connectivity index (χ1v) is 37.3. The fourth-order valence-corrected chi connectivity index (χ4v) is 11.6. The van der Waals surface area contributed by atoms with E-state index >= 15 is 0 Å². The maximum absolute atomic E-state index is 13.0. The number of hydrogen-bond acceptors (Lipinski definition) is 6. The molecule has 6 heteroatoms. The fraction of sp³-hybridized carbons (Fsp3) is 0.908. The second-order valence-electron chi connectivity index (χ2n) is 25.6. The molecule has 0 saturated heterocycles. The summed E-state index contributed by atoms with van der Waals surface area (Å²) in [5.74, 6) is -0.832. The van der Waals surface area contributed by atoms with Gasteiger partial charge in [-0.3, -0.25) is 14.4 Å². The van der Waals surface area contributed by atoms with Crippen molar-refractivity contribution in [2.75, 3.05) is 13.2 Å². The van der Waals surface area contributed by atoms with Crippen LogP contribution in [0.2, 0.25) is 0 Å². The van der Waals surface area contributed by atoms with Crippen molar-refractivity contribution in [3.63, 3.8) is 0 Å².